The molecule has 0 amide bonds. The molecule has 0 bridgehead atoms. The van der Waals surface area contributed by atoms with Crippen LogP contribution in [-0.4, -0.2) is 50.0 Å². The molecular formula is C6H10O6Se. The Labute approximate surface area is 81.6 Å². The molecule has 13 heavy (non-hydrogen) atoms. The molecule has 76 valence electrons. The molecule has 0 rings (SSSR count). The molecule has 2 atom stereocenters. The normalized spacial score (nSPS) is 14.5. The summed E-state index contributed by atoms with van der Waals surface area (Å²) in [6.07, 6.45) is -2.49. The van der Waals surface area contributed by atoms with Crippen LogP contribution in [-0.2, 0) is 17.2 Å². The van der Waals surface area contributed by atoms with Crippen LogP contribution in [0.2, 0.25) is 0 Å². The third-order valence-corrected chi connectivity index (χ3v) is 1.89. The molecule has 0 heterocycles. The summed E-state index contributed by atoms with van der Waals surface area (Å²) in [5.74, 6) is -1.73. The van der Waals surface area contributed by atoms with Gasteiger partial charge in [0.05, 0.1) is 0 Å². The molecule has 0 aliphatic carbocycles. The van der Waals surface area contributed by atoms with Gasteiger partial charge in [0.2, 0.25) is 0 Å². The third-order valence-electron chi connectivity index (χ3n) is 0.915. The number of carbonyl (C=O) groups is 2. The molecule has 0 aromatic heterocycles. The number of aliphatic hydroxyl groups excluding tert-OH is 2. The van der Waals surface area contributed by atoms with Crippen molar-refractivity contribution in [3.05, 3.63) is 0 Å². The summed E-state index contributed by atoms with van der Waals surface area (Å²) in [5.41, 5.74) is 0. The van der Waals surface area contributed by atoms with Crippen LogP contribution >= 0.6 is 0 Å². The summed E-state index contributed by atoms with van der Waals surface area (Å²) in [4.78, 5) is 21.2. The van der Waals surface area contributed by atoms with E-state index in [4.69, 9.17) is 10.2 Å². The molecule has 0 saturated carbocycles. The van der Waals surface area contributed by atoms with Gasteiger partial charge in [0, 0.05) is 0 Å². The first-order valence-electron chi connectivity index (χ1n) is 3.40. The molecule has 0 aliphatic heterocycles. The molecule has 0 aromatic rings. The van der Waals surface area contributed by atoms with Gasteiger partial charge in [-0.3, -0.25) is 0 Å². The first-order valence-corrected chi connectivity index (χ1v) is 4.80. The van der Waals surface area contributed by atoms with E-state index in [1.54, 1.807) is 0 Å². The summed E-state index contributed by atoms with van der Waals surface area (Å²) >= 11 is -1.14. The van der Waals surface area contributed by atoms with Crippen LogP contribution in [0.4, 0.5) is 0 Å². The fourth-order valence-electron chi connectivity index (χ4n) is 0.223. The Kier molecular flexibility index (Phi) is 5.65. The zero-order valence-corrected chi connectivity index (χ0v) is 8.80. The predicted octanol–water partition coefficient (Wildman–Crippen LogP) is -1.63. The van der Waals surface area contributed by atoms with Gasteiger partial charge in [-0.15, -0.1) is 0 Å². The van der Waals surface area contributed by atoms with E-state index >= 15 is 0 Å². The van der Waals surface area contributed by atoms with E-state index in [-0.39, 0.29) is 0 Å². The van der Waals surface area contributed by atoms with Crippen molar-refractivity contribution < 1.29 is 27.4 Å². The molecule has 0 fully saturated rings. The summed E-state index contributed by atoms with van der Waals surface area (Å²) in [7, 11) is 0. The summed E-state index contributed by atoms with van der Waals surface area (Å²) in [5, 5.41) is 17.3. The van der Waals surface area contributed by atoms with Crippen LogP contribution in [0.5, 0.6) is 0 Å². The molecule has 0 aliphatic rings. The van der Waals surface area contributed by atoms with Crippen molar-refractivity contribution in [1.29, 1.82) is 0 Å². The number of rotatable bonds is 4. The Bertz CT molecular complexity index is 170. The fraction of sp³-hybridized carbons (Fsp3) is 0.667. The third kappa shape index (κ3) is 5.59. The minimum atomic E-state index is -1.24. The van der Waals surface area contributed by atoms with Crippen molar-refractivity contribution >= 4 is 27.6 Å². The predicted molar refractivity (Wildman–Crippen MR) is 41.3 cm³/mol. The van der Waals surface area contributed by atoms with E-state index in [1.165, 1.54) is 13.8 Å². The molecule has 2 unspecified atom stereocenters. The van der Waals surface area contributed by atoms with Crippen molar-refractivity contribution in [3.8, 4) is 0 Å². The van der Waals surface area contributed by atoms with Gasteiger partial charge >= 0.3 is 81.1 Å². The Morgan fingerprint density at radius 2 is 1.38 bits per heavy atom. The Morgan fingerprint density at radius 3 is 1.62 bits per heavy atom. The minimum absolute atomic E-state index is 0.863. The quantitative estimate of drug-likeness (QED) is 0.587. The van der Waals surface area contributed by atoms with E-state index < -0.39 is 39.8 Å². The van der Waals surface area contributed by atoms with E-state index in [9.17, 15) is 9.59 Å². The van der Waals surface area contributed by atoms with Crippen molar-refractivity contribution in [2.45, 2.75) is 26.1 Å². The topological polar surface area (TPSA) is 93.1 Å². The molecule has 0 radical (unpaired) electrons. The molecule has 0 saturated heterocycles. The van der Waals surface area contributed by atoms with Crippen molar-refractivity contribution in [2.24, 2.45) is 0 Å². The van der Waals surface area contributed by atoms with Gasteiger partial charge in [-0.05, 0) is 0 Å². The Morgan fingerprint density at radius 1 is 1.08 bits per heavy atom. The average Bonchev–Trinajstić information content (AvgIpc) is 2.03. The maximum atomic E-state index is 10.6. The number of carbonyl (C=O) groups excluding carboxylic acids is 2. The first kappa shape index (κ1) is 12.4. The van der Waals surface area contributed by atoms with Gasteiger partial charge in [0.15, 0.2) is 0 Å². The van der Waals surface area contributed by atoms with E-state index in [0.717, 1.165) is 0 Å². The van der Waals surface area contributed by atoms with E-state index in [0.29, 0.717) is 0 Å². The first-order chi connectivity index (χ1) is 5.95. The second-order valence-electron chi connectivity index (χ2n) is 2.22. The van der Waals surface area contributed by atoms with Crippen LogP contribution in [0.15, 0.2) is 0 Å². The average molecular weight is 257 g/mol. The summed E-state index contributed by atoms with van der Waals surface area (Å²) in [6, 6.07) is 0. The summed E-state index contributed by atoms with van der Waals surface area (Å²) in [6.45, 7) is 2.46. The zero-order chi connectivity index (χ0) is 10.4. The standard InChI is InChI=1S/C6H10O6Se/c1-3(7)5(9)11-13-12-6(10)4(2)8/h3-4,7-8H,1-2H3. The molecule has 0 spiro atoms. The van der Waals surface area contributed by atoms with Gasteiger partial charge in [-0.25, -0.2) is 0 Å². The number of aliphatic hydroxyl groups is 2. The molecule has 2 N–H and O–H groups in total. The molecule has 0 aromatic carbocycles. The fourth-order valence-corrected chi connectivity index (χ4v) is 1.16. The van der Waals surface area contributed by atoms with Crippen LogP contribution in [0.1, 0.15) is 13.8 Å². The van der Waals surface area contributed by atoms with E-state index in [1.807, 2.05) is 0 Å². The Balaban J connectivity index is 3.57. The molecule has 7 heteroatoms. The van der Waals surface area contributed by atoms with Crippen LogP contribution in [0.25, 0.3) is 0 Å². The van der Waals surface area contributed by atoms with Gasteiger partial charge in [0.25, 0.3) is 0 Å². The Hall–Kier alpha value is -0.621. The van der Waals surface area contributed by atoms with Crippen molar-refractivity contribution in [3.63, 3.8) is 0 Å². The maximum absolute atomic E-state index is 10.6. The second kappa shape index (κ2) is 5.93. The number of hydrogen-bond acceptors (Lipinski definition) is 6. The molecular weight excluding hydrogens is 247 g/mol. The van der Waals surface area contributed by atoms with Gasteiger partial charge < -0.3 is 0 Å². The van der Waals surface area contributed by atoms with Gasteiger partial charge in [-0.2, -0.15) is 0 Å². The number of hydrogen-bond donors (Lipinski definition) is 2. The SMILES string of the molecule is CC(O)C(=O)O[Se]OC(=O)C(C)O. The van der Waals surface area contributed by atoms with Crippen molar-refractivity contribution in [1.82, 2.24) is 0 Å². The van der Waals surface area contributed by atoms with Gasteiger partial charge in [-0.1, -0.05) is 0 Å². The zero-order valence-electron chi connectivity index (χ0n) is 7.09. The van der Waals surface area contributed by atoms with Crippen LogP contribution < -0.4 is 0 Å². The van der Waals surface area contributed by atoms with Gasteiger partial charge in [0.1, 0.15) is 0 Å². The summed E-state index contributed by atoms with van der Waals surface area (Å²) < 4.78 is 8.69. The molecule has 6 nitrogen and oxygen atoms in total. The monoisotopic (exact) mass is 258 g/mol. The van der Waals surface area contributed by atoms with Crippen LogP contribution in [0, 0.1) is 0 Å². The van der Waals surface area contributed by atoms with E-state index in [2.05, 4.69) is 7.64 Å². The second-order valence-corrected chi connectivity index (χ2v) is 3.21. The van der Waals surface area contributed by atoms with Crippen molar-refractivity contribution in [2.75, 3.05) is 0 Å². The van der Waals surface area contributed by atoms with Crippen LogP contribution in [0.3, 0.4) is 0 Å².